The lowest BCUT2D eigenvalue weighted by Gasteiger charge is -2.11. The minimum Gasteiger partial charge on any atom is -0.489 e. The van der Waals surface area contributed by atoms with E-state index in [4.69, 9.17) is 9.47 Å². The molecular weight excluding hydrogens is 332 g/mol. The monoisotopic (exact) mass is 348 g/mol. The summed E-state index contributed by atoms with van der Waals surface area (Å²) in [6.45, 7) is 2.65. The summed E-state index contributed by atoms with van der Waals surface area (Å²) < 4.78 is 11.8. The van der Waals surface area contributed by atoms with Crippen molar-refractivity contribution < 1.29 is 14.3 Å². The first-order valence-electron chi connectivity index (χ1n) is 6.80. The van der Waals surface area contributed by atoms with Crippen molar-refractivity contribution in [2.24, 2.45) is 0 Å². The molecule has 0 saturated heterocycles. The van der Waals surface area contributed by atoms with Gasteiger partial charge >= 0.3 is 5.97 Å². The van der Waals surface area contributed by atoms with Gasteiger partial charge in [-0.05, 0) is 30.7 Å². The highest BCUT2D eigenvalue weighted by Gasteiger charge is 2.09. The third kappa shape index (κ3) is 4.90. The summed E-state index contributed by atoms with van der Waals surface area (Å²) in [4.78, 5) is 11.6. The average molecular weight is 349 g/mol. The molecule has 0 heterocycles. The third-order valence-electron chi connectivity index (χ3n) is 2.90. The number of rotatable bonds is 6. The van der Waals surface area contributed by atoms with Gasteiger partial charge in [0.1, 0.15) is 12.4 Å². The Morgan fingerprint density at radius 1 is 1.14 bits per heavy atom. The van der Waals surface area contributed by atoms with Gasteiger partial charge in [-0.1, -0.05) is 46.3 Å². The number of carbonyl (C=O) groups is 1. The van der Waals surface area contributed by atoms with Crippen molar-refractivity contribution >= 4 is 21.9 Å². The van der Waals surface area contributed by atoms with Gasteiger partial charge in [0.2, 0.25) is 0 Å². The van der Waals surface area contributed by atoms with Gasteiger partial charge in [-0.25, -0.2) is 0 Å². The molecule has 0 aromatic heterocycles. The van der Waals surface area contributed by atoms with Gasteiger partial charge in [0.05, 0.1) is 13.0 Å². The zero-order valence-electron chi connectivity index (χ0n) is 11.8. The van der Waals surface area contributed by atoms with Crippen LogP contribution in [0.3, 0.4) is 0 Å². The zero-order valence-corrected chi connectivity index (χ0v) is 13.4. The Morgan fingerprint density at radius 3 is 2.71 bits per heavy atom. The maximum atomic E-state index is 11.6. The number of hydrogen-bond acceptors (Lipinski definition) is 3. The quantitative estimate of drug-likeness (QED) is 0.736. The molecule has 0 fully saturated rings. The maximum Gasteiger partial charge on any atom is 0.310 e. The Labute approximate surface area is 133 Å². The van der Waals surface area contributed by atoms with Crippen LogP contribution in [0.2, 0.25) is 0 Å². The molecule has 2 rings (SSSR count). The normalized spacial score (nSPS) is 10.2. The van der Waals surface area contributed by atoms with Crippen LogP contribution in [0, 0.1) is 0 Å². The van der Waals surface area contributed by atoms with Gasteiger partial charge in [0, 0.05) is 10.0 Å². The van der Waals surface area contributed by atoms with Gasteiger partial charge in [0.25, 0.3) is 0 Å². The molecule has 0 atom stereocenters. The summed E-state index contributed by atoms with van der Waals surface area (Å²) in [5.74, 6) is 0.474. The molecule has 4 heteroatoms. The number of hydrogen-bond donors (Lipinski definition) is 0. The Bertz CT molecular complexity index is 610. The molecule has 2 aromatic rings. The highest BCUT2D eigenvalue weighted by Crippen LogP contribution is 2.21. The van der Waals surface area contributed by atoms with Crippen LogP contribution >= 0.6 is 15.9 Å². The van der Waals surface area contributed by atoms with Gasteiger partial charge < -0.3 is 9.47 Å². The molecule has 2 aromatic carbocycles. The predicted molar refractivity (Wildman–Crippen MR) is 85.3 cm³/mol. The van der Waals surface area contributed by atoms with Crippen molar-refractivity contribution in [3.8, 4) is 5.75 Å². The number of carbonyl (C=O) groups excluding carboxylic acids is 1. The van der Waals surface area contributed by atoms with Crippen LogP contribution in [0.1, 0.15) is 18.1 Å². The fraction of sp³-hybridized carbons (Fsp3) is 0.235. The first-order valence-corrected chi connectivity index (χ1v) is 7.59. The number of halogens is 1. The summed E-state index contributed by atoms with van der Waals surface area (Å²) in [6.07, 6.45) is 0.225. The number of benzene rings is 2. The molecule has 0 N–H and O–H groups in total. The second-order valence-electron chi connectivity index (χ2n) is 4.51. The molecule has 0 spiro atoms. The van der Waals surface area contributed by atoms with Crippen LogP contribution in [-0.4, -0.2) is 12.6 Å². The summed E-state index contributed by atoms with van der Waals surface area (Å²) in [6, 6.07) is 15.5. The second kappa shape index (κ2) is 7.84. The lowest BCUT2D eigenvalue weighted by Crippen LogP contribution is -2.09. The lowest BCUT2D eigenvalue weighted by atomic mass is 10.1. The van der Waals surface area contributed by atoms with Crippen molar-refractivity contribution in [2.45, 2.75) is 20.0 Å². The molecule has 0 aliphatic rings. The smallest absolute Gasteiger partial charge is 0.310 e. The Balaban J connectivity index is 2.04. The molecule has 0 saturated carbocycles. The van der Waals surface area contributed by atoms with Crippen molar-refractivity contribution in [2.75, 3.05) is 6.61 Å². The van der Waals surface area contributed by atoms with Crippen LogP contribution in [0.5, 0.6) is 5.75 Å². The van der Waals surface area contributed by atoms with Crippen molar-refractivity contribution in [1.82, 2.24) is 0 Å². The van der Waals surface area contributed by atoms with Gasteiger partial charge in [-0.3, -0.25) is 4.79 Å². The molecule has 3 nitrogen and oxygen atoms in total. The topological polar surface area (TPSA) is 35.5 Å². The second-order valence-corrected chi connectivity index (χ2v) is 5.42. The molecule has 0 aliphatic carbocycles. The highest BCUT2D eigenvalue weighted by atomic mass is 79.9. The minimum absolute atomic E-state index is 0.225. The van der Waals surface area contributed by atoms with E-state index in [2.05, 4.69) is 15.9 Å². The number of ether oxygens (including phenoxy) is 2. The molecule has 0 bridgehead atoms. The molecule has 0 aliphatic heterocycles. The predicted octanol–water partition coefficient (Wildman–Crippen LogP) is 4.13. The summed E-state index contributed by atoms with van der Waals surface area (Å²) in [5, 5.41) is 0. The number of esters is 1. The van der Waals surface area contributed by atoms with E-state index in [1.165, 1.54) is 0 Å². The first-order chi connectivity index (χ1) is 10.2. The van der Waals surface area contributed by atoms with Gasteiger partial charge in [0.15, 0.2) is 0 Å². The average Bonchev–Trinajstić information content (AvgIpc) is 2.47. The van der Waals surface area contributed by atoms with E-state index in [0.717, 1.165) is 15.6 Å². The van der Waals surface area contributed by atoms with E-state index in [1.807, 2.05) is 48.5 Å². The molecule has 0 radical (unpaired) electrons. The van der Waals surface area contributed by atoms with Crippen LogP contribution in [-0.2, 0) is 22.6 Å². The Morgan fingerprint density at radius 2 is 1.95 bits per heavy atom. The first kappa shape index (κ1) is 15.6. The highest BCUT2D eigenvalue weighted by molar-refractivity contribution is 9.10. The summed E-state index contributed by atoms with van der Waals surface area (Å²) in [7, 11) is 0. The summed E-state index contributed by atoms with van der Waals surface area (Å²) >= 11 is 3.44. The largest absolute Gasteiger partial charge is 0.489 e. The van der Waals surface area contributed by atoms with E-state index in [9.17, 15) is 4.79 Å². The van der Waals surface area contributed by atoms with Crippen LogP contribution in [0.25, 0.3) is 0 Å². The van der Waals surface area contributed by atoms with Crippen molar-refractivity contribution in [1.29, 1.82) is 0 Å². The SMILES string of the molecule is CCOC(=O)Cc1ccccc1OCc1cccc(Br)c1. The van der Waals surface area contributed by atoms with Crippen LogP contribution in [0.4, 0.5) is 0 Å². The number of para-hydroxylation sites is 1. The molecule has 21 heavy (non-hydrogen) atoms. The van der Waals surface area contributed by atoms with E-state index >= 15 is 0 Å². The molecule has 0 amide bonds. The minimum atomic E-state index is -0.240. The zero-order chi connectivity index (χ0) is 15.1. The van der Waals surface area contributed by atoms with E-state index in [-0.39, 0.29) is 12.4 Å². The Hall–Kier alpha value is -1.81. The van der Waals surface area contributed by atoms with Gasteiger partial charge in [-0.2, -0.15) is 0 Å². The third-order valence-corrected chi connectivity index (χ3v) is 3.39. The fourth-order valence-corrected chi connectivity index (χ4v) is 2.39. The maximum absolute atomic E-state index is 11.6. The van der Waals surface area contributed by atoms with Crippen molar-refractivity contribution in [3.05, 3.63) is 64.1 Å². The molecular formula is C17H17BrO3. The van der Waals surface area contributed by atoms with E-state index < -0.39 is 0 Å². The standard InChI is InChI=1S/C17H17BrO3/c1-2-20-17(19)11-14-7-3-4-9-16(14)21-12-13-6-5-8-15(18)10-13/h3-10H,2,11-12H2,1H3. The van der Waals surface area contributed by atoms with Crippen LogP contribution in [0.15, 0.2) is 53.0 Å². The lowest BCUT2D eigenvalue weighted by molar-refractivity contribution is -0.142. The summed E-state index contributed by atoms with van der Waals surface area (Å²) in [5.41, 5.74) is 1.90. The fourth-order valence-electron chi connectivity index (χ4n) is 1.95. The molecule has 110 valence electrons. The van der Waals surface area contributed by atoms with Crippen molar-refractivity contribution in [3.63, 3.8) is 0 Å². The Kier molecular flexibility index (Phi) is 5.81. The van der Waals surface area contributed by atoms with E-state index in [1.54, 1.807) is 6.92 Å². The van der Waals surface area contributed by atoms with Gasteiger partial charge in [-0.15, -0.1) is 0 Å². The molecule has 0 unspecified atom stereocenters. The van der Waals surface area contributed by atoms with Crippen LogP contribution < -0.4 is 4.74 Å². The van der Waals surface area contributed by atoms with E-state index in [0.29, 0.717) is 19.0 Å².